The molecule has 26 heavy (non-hydrogen) atoms. The van der Waals surface area contributed by atoms with Crippen LogP contribution in [0, 0.1) is 15.9 Å². The number of morpholine rings is 1. The van der Waals surface area contributed by atoms with Gasteiger partial charge in [-0.1, -0.05) is 6.07 Å². The van der Waals surface area contributed by atoms with Gasteiger partial charge in [0.1, 0.15) is 11.9 Å². The number of carbonyl (C=O) groups is 1. The van der Waals surface area contributed by atoms with Crippen LogP contribution in [0.3, 0.4) is 0 Å². The smallest absolute Gasteiger partial charge is 0.407 e. The maximum Gasteiger partial charge on any atom is 0.407 e. The van der Waals surface area contributed by atoms with Gasteiger partial charge in [0, 0.05) is 18.0 Å². The first-order chi connectivity index (χ1) is 12.4. The molecule has 1 amide bonds. The van der Waals surface area contributed by atoms with Crippen molar-refractivity contribution in [2.24, 2.45) is 0 Å². The molecule has 10 heteroatoms. The highest BCUT2D eigenvalue weighted by atomic mass is 19.1. The maximum atomic E-state index is 14.6. The van der Waals surface area contributed by atoms with E-state index in [1.165, 1.54) is 12.1 Å². The zero-order chi connectivity index (χ0) is 19.1. The van der Waals surface area contributed by atoms with E-state index in [9.17, 15) is 24.4 Å². The fourth-order valence-corrected chi connectivity index (χ4v) is 2.74. The molecule has 2 atom stereocenters. The Labute approximate surface area is 149 Å². The van der Waals surface area contributed by atoms with E-state index in [1.54, 1.807) is 6.92 Å². The zero-order valence-corrected chi connectivity index (χ0v) is 14.4. The first kappa shape index (κ1) is 19.9. The Morgan fingerprint density at radius 3 is 2.77 bits per heavy atom. The average Bonchev–Trinajstić information content (AvgIpc) is 2.60. The third-order valence-corrected chi connectivity index (χ3v) is 3.95. The third-order valence-electron chi connectivity index (χ3n) is 3.95. The monoisotopic (exact) mass is 371 g/mol. The molecule has 2 unspecified atom stereocenters. The van der Waals surface area contributed by atoms with Crippen molar-refractivity contribution >= 4 is 11.8 Å². The zero-order valence-electron chi connectivity index (χ0n) is 14.4. The molecule has 1 fully saturated rings. The lowest BCUT2D eigenvalue weighted by atomic mass is 10.0. The molecule has 1 aromatic rings. The van der Waals surface area contributed by atoms with Gasteiger partial charge in [0.25, 0.3) is 0 Å². The average molecular weight is 371 g/mol. The van der Waals surface area contributed by atoms with E-state index in [2.05, 4.69) is 5.32 Å². The minimum absolute atomic E-state index is 0.0915. The summed E-state index contributed by atoms with van der Waals surface area (Å²) in [7, 11) is 0. The lowest BCUT2D eigenvalue weighted by molar-refractivity contribution is -0.491. The van der Waals surface area contributed by atoms with Gasteiger partial charge in [-0.2, -0.15) is 0 Å². The molecule has 0 saturated carbocycles. The number of alkyl carbamates (subject to hydrolysis) is 1. The number of carbonyl (C=O) groups excluding carboxylic acids is 1. The molecule has 1 saturated heterocycles. The van der Waals surface area contributed by atoms with Gasteiger partial charge in [0.05, 0.1) is 31.5 Å². The van der Waals surface area contributed by atoms with Crippen LogP contribution in [0.15, 0.2) is 18.2 Å². The highest BCUT2D eigenvalue weighted by molar-refractivity contribution is 5.68. The van der Waals surface area contributed by atoms with Crippen LogP contribution in [0.5, 0.6) is 0 Å². The summed E-state index contributed by atoms with van der Waals surface area (Å²) in [5.74, 6) is -0.548. The molecule has 1 aliphatic rings. The molecule has 144 valence electrons. The second-order valence-corrected chi connectivity index (χ2v) is 5.74. The summed E-state index contributed by atoms with van der Waals surface area (Å²) in [6.07, 6.45) is -2.39. The molecule has 0 radical (unpaired) electrons. The largest absolute Gasteiger partial charge is 0.450 e. The van der Waals surface area contributed by atoms with Crippen LogP contribution in [0.2, 0.25) is 0 Å². The molecular formula is C16H22FN3O6. The van der Waals surface area contributed by atoms with Crippen LogP contribution in [0.1, 0.15) is 18.5 Å². The van der Waals surface area contributed by atoms with Gasteiger partial charge in [-0.3, -0.25) is 10.1 Å². The number of benzene rings is 1. The fraction of sp³-hybridized carbons (Fsp3) is 0.562. The van der Waals surface area contributed by atoms with Crippen molar-refractivity contribution < 1.29 is 28.7 Å². The van der Waals surface area contributed by atoms with Crippen molar-refractivity contribution in [2.45, 2.75) is 19.1 Å². The normalized spacial score (nSPS) is 16.7. The molecule has 1 heterocycles. The van der Waals surface area contributed by atoms with E-state index < -0.39 is 35.5 Å². The minimum Gasteiger partial charge on any atom is -0.450 e. The van der Waals surface area contributed by atoms with Crippen LogP contribution >= 0.6 is 0 Å². The molecule has 2 N–H and O–H groups in total. The van der Waals surface area contributed by atoms with E-state index in [4.69, 9.17) is 9.47 Å². The predicted octanol–water partition coefficient (Wildman–Crippen LogP) is 1.09. The number of nitrogens with zero attached hydrogens (tertiary/aromatic N) is 2. The SMILES string of the molecule is CCOC(=O)NC(c1ccc(N2CCOCC2)c(F)c1)C(O)C[N+](=O)[O-]. The quantitative estimate of drug-likeness (QED) is 0.545. The lowest BCUT2D eigenvalue weighted by Gasteiger charge is -2.30. The number of halogens is 1. The Morgan fingerprint density at radius 1 is 1.50 bits per heavy atom. The number of aliphatic hydroxyl groups is 1. The fourth-order valence-electron chi connectivity index (χ4n) is 2.74. The van der Waals surface area contributed by atoms with Crippen molar-refractivity contribution in [3.05, 3.63) is 39.7 Å². The molecule has 2 rings (SSSR count). The van der Waals surface area contributed by atoms with Gasteiger partial charge >= 0.3 is 6.09 Å². The van der Waals surface area contributed by atoms with Gasteiger partial charge in [-0.25, -0.2) is 9.18 Å². The highest BCUT2D eigenvalue weighted by Gasteiger charge is 2.29. The second-order valence-electron chi connectivity index (χ2n) is 5.74. The van der Waals surface area contributed by atoms with Crippen LogP contribution in [0.4, 0.5) is 14.9 Å². The number of nitro groups is 1. The molecule has 0 spiro atoms. The topological polar surface area (TPSA) is 114 Å². The number of rotatable bonds is 7. The van der Waals surface area contributed by atoms with Crippen molar-refractivity contribution in [1.29, 1.82) is 0 Å². The molecule has 0 aliphatic carbocycles. The van der Waals surface area contributed by atoms with E-state index in [0.29, 0.717) is 32.0 Å². The number of amides is 1. The summed E-state index contributed by atoms with van der Waals surface area (Å²) in [6, 6.07) is 3.03. The van der Waals surface area contributed by atoms with Gasteiger partial charge in [-0.05, 0) is 24.6 Å². The van der Waals surface area contributed by atoms with Gasteiger partial charge in [0.15, 0.2) is 0 Å². The maximum absolute atomic E-state index is 14.6. The second kappa shape index (κ2) is 9.30. The predicted molar refractivity (Wildman–Crippen MR) is 90.2 cm³/mol. The van der Waals surface area contributed by atoms with Crippen molar-refractivity contribution in [1.82, 2.24) is 5.32 Å². The van der Waals surface area contributed by atoms with Gasteiger partial charge in [-0.15, -0.1) is 0 Å². The molecule has 9 nitrogen and oxygen atoms in total. The van der Waals surface area contributed by atoms with Crippen molar-refractivity contribution in [3.8, 4) is 0 Å². The van der Waals surface area contributed by atoms with Crippen LogP contribution in [-0.4, -0.2) is 61.7 Å². The lowest BCUT2D eigenvalue weighted by Crippen LogP contribution is -2.40. The van der Waals surface area contributed by atoms with E-state index in [1.807, 2.05) is 4.90 Å². The van der Waals surface area contributed by atoms with Crippen LogP contribution < -0.4 is 10.2 Å². The summed E-state index contributed by atoms with van der Waals surface area (Å²) < 4.78 is 24.6. The number of nitrogens with one attached hydrogen (secondary N) is 1. The first-order valence-electron chi connectivity index (χ1n) is 8.27. The van der Waals surface area contributed by atoms with Gasteiger partial charge < -0.3 is 24.8 Å². The third kappa shape index (κ3) is 5.27. The summed E-state index contributed by atoms with van der Waals surface area (Å²) in [4.78, 5) is 23.5. The van der Waals surface area contributed by atoms with E-state index >= 15 is 0 Å². The Bertz CT molecular complexity index is 638. The van der Waals surface area contributed by atoms with Crippen molar-refractivity contribution in [3.63, 3.8) is 0 Å². The molecule has 0 aromatic heterocycles. The van der Waals surface area contributed by atoms with Gasteiger partial charge in [0.2, 0.25) is 6.54 Å². The number of hydrogen-bond acceptors (Lipinski definition) is 7. The van der Waals surface area contributed by atoms with E-state index in [0.717, 1.165) is 6.07 Å². The Morgan fingerprint density at radius 2 is 2.19 bits per heavy atom. The Kier molecular flexibility index (Phi) is 7.10. The molecule has 1 aromatic carbocycles. The number of aliphatic hydroxyl groups excluding tert-OH is 1. The number of hydrogen-bond donors (Lipinski definition) is 2. The van der Waals surface area contributed by atoms with E-state index in [-0.39, 0.29) is 12.2 Å². The summed E-state index contributed by atoms with van der Waals surface area (Å²) in [5, 5.41) is 23.1. The molecular weight excluding hydrogens is 349 g/mol. The summed E-state index contributed by atoms with van der Waals surface area (Å²) in [5.41, 5.74) is 0.581. The number of anilines is 1. The summed E-state index contributed by atoms with van der Waals surface area (Å²) in [6.45, 7) is 2.97. The molecule has 0 bridgehead atoms. The Hall–Kier alpha value is -2.46. The standard InChI is InChI=1S/C16H22FN3O6/c1-2-26-16(22)18-15(14(21)10-20(23)24)11-3-4-13(12(17)9-11)19-5-7-25-8-6-19/h3-4,9,14-15,21H,2,5-8,10H2,1H3,(H,18,22). The van der Waals surface area contributed by atoms with Crippen LogP contribution in [-0.2, 0) is 9.47 Å². The van der Waals surface area contributed by atoms with Crippen LogP contribution in [0.25, 0.3) is 0 Å². The Balaban J connectivity index is 2.23. The van der Waals surface area contributed by atoms with Crippen molar-refractivity contribution in [2.75, 3.05) is 44.4 Å². The minimum atomic E-state index is -1.54. The molecule has 1 aliphatic heterocycles. The first-order valence-corrected chi connectivity index (χ1v) is 8.27. The highest BCUT2D eigenvalue weighted by Crippen LogP contribution is 2.26. The number of ether oxygens (including phenoxy) is 2. The summed E-state index contributed by atoms with van der Waals surface area (Å²) >= 11 is 0.